The number of fused-ring (bicyclic) bond motifs is 5. The lowest BCUT2D eigenvalue weighted by molar-refractivity contribution is 0.472. The van der Waals surface area contributed by atoms with Crippen LogP contribution in [0.4, 0.5) is 0 Å². The first-order chi connectivity index (χ1) is 9.24. The summed E-state index contributed by atoms with van der Waals surface area (Å²) in [5.74, 6) is 0.346. The molecule has 0 saturated carbocycles. The minimum absolute atomic E-state index is 0.346. The third-order valence-electron chi connectivity index (χ3n) is 3.81. The van der Waals surface area contributed by atoms with Crippen molar-refractivity contribution in [2.75, 3.05) is 0 Å². The number of nitrogens with one attached hydrogen (secondary N) is 1. The predicted molar refractivity (Wildman–Crippen MR) is 79.7 cm³/mol. The molecule has 4 aromatic rings. The van der Waals surface area contributed by atoms with Crippen LogP contribution < -0.4 is 0 Å². The highest BCUT2D eigenvalue weighted by Crippen LogP contribution is 2.33. The Morgan fingerprint density at radius 3 is 2.63 bits per heavy atom. The molecule has 4 rings (SSSR count). The van der Waals surface area contributed by atoms with Crippen LogP contribution in [0.3, 0.4) is 0 Å². The molecule has 92 valence electrons. The second-order valence-electron chi connectivity index (χ2n) is 5.02. The van der Waals surface area contributed by atoms with Crippen molar-refractivity contribution in [3.05, 3.63) is 54.1 Å². The molecular weight excluding hydrogens is 234 g/mol. The maximum absolute atomic E-state index is 9.94. The zero-order valence-electron chi connectivity index (χ0n) is 10.6. The molecule has 0 spiro atoms. The van der Waals surface area contributed by atoms with E-state index in [0.717, 1.165) is 27.4 Å². The Kier molecular flexibility index (Phi) is 1.93. The zero-order chi connectivity index (χ0) is 13.0. The third kappa shape index (κ3) is 1.37. The quantitative estimate of drug-likeness (QED) is 0.472. The van der Waals surface area contributed by atoms with Gasteiger partial charge in [-0.05, 0) is 36.1 Å². The summed E-state index contributed by atoms with van der Waals surface area (Å²) < 4.78 is 0. The van der Waals surface area contributed by atoms with Crippen LogP contribution in [0.25, 0.3) is 32.6 Å². The van der Waals surface area contributed by atoms with Crippen LogP contribution in [0.2, 0.25) is 0 Å². The van der Waals surface area contributed by atoms with E-state index in [4.69, 9.17) is 0 Å². The van der Waals surface area contributed by atoms with Crippen molar-refractivity contribution < 1.29 is 5.11 Å². The number of H-pyrrole nitrogens is 1. The van der Waals surface area contributed by atoms with Crippen molar-refractivity contribution in [1.29, 1.82) is 0 Å². The molecule has 3 aromatic carbocycles. The highest BCUT2D eigenvalue weighted by atomic mass is 16.3. The van der Waals surface area contributed by atoms with E-state index in [1.54, 1.807) is 0 Å². The topological polar surface area (TPSA) is 36.0 Å². The number of benzene rings is 3. The van der Waals surface area contributed by atoms with Gasteiger partial charge in [0, 0.05) is 21.7 Å². The number of hydrogen-bond donors (Lipinski definition) is 2. The summed E-state index contributed by atoms with van der Waals surface area (Å²) in [7, 11) is 0. The normalized spacial score (nSPS) is 11.6. The number of aryl methyl sites for hydroxylation is 1. The monoisotopic (exact) mass is 247 g/mol. The van der Waals surface area contributed by atoms with Crippen LogP contribution in [0.15, 0.2) is 48.5 Å². The van der Waals surface area contributed by atoms with Gasteiger partial charge in [-0.2, -0.15) is 0 Å². The van der Waals surface area contributed by atoms with Gasteiger partial charge in [0.1, 0.15) is 5.75 Å². The molecule has 1 heterocycles. The highest BCUT2D eigenvalue weighted by molar-refractivity contribution is 6.17. The summed E-state index contributed by atoms with van der Waals surface area (Å²) in [5, 5.41) is 14.6. The van der Waals surface area contributed by atoms with Crippen molar-refractivity contribution >= 4 is 32.6 Å². The minimum Gasteiger partial charge on any atom is -0.508 e. The van der Waals surface area contributed by atoms with E-state index in [1.165, 1.54) is 10.8 Å². The fraction of sp³-hybridized carbons (Fsp3) is 0.0588. The number of para-hydroxylation sites is 1. The number of aromatic nitrogens is 1. The average molecular weight is 247 g/mol. The summed E-state index contributed by atoms with van der Waals surface area (Å²) >= 11 is 0. The fourth-order valence-electron chi connectivity index (χ4n) is 2.80. The van der Waals surface area contributed by atoms with Crippen molar-refractivity contribution in [3.63, 3.8) is 0 Å². The molecule has 0 fully saturated rings. The molecule has 2 N–H and O–H groups in total. The van der Waals surface area contributed by atoms with Crippen LogP contribution in [0.5, 0.6) is 5.75 Å². The van der Waals surface area contributed by atoms with Crippen LogP contribution in [-0.2, 0) is 0 Å². The molecule has 0 saturated heterocycles. The Labute approximate surface area is 110 Å². The van der Waals surface area contributed by atoms with E-state index in [2.05, 4.69) is 29.2 Å². The fourth-order valence-corrected chi connectivity index (χ4v) is 2.80. The first-order valence-corrected chi connectivity index (χ1v) is 6.37. The highest BCUT2D eigenvalue weighted by Gasteiger charge is 2.08. The van der Waals surface area contributed by atoms with Crippen molar-refractivity contribution in [3.8, 4) is 5.75 Å². The number of aromatic amines is 1. The molecule has 0 radical (unpaired) electrons. The third-order valence-corrected chi connectivity index (χ3v) is 3.81. The first kappa shape index (κ1) is 10.4. The van der Waals surface area contributed by atoms with Gasteiger partial charge in [-0.15, -0.1) is 0 Å². The molecule has 1 aromatic heterocycles. The molecule has 0 aliphatic rings. The van der Waals surface area contributed by atoms with Gasteiger partial charge in [-0.1, -0.05) is 30.3 Å². The maximum Gasteiger partial charge on any atom is 0.119 e. The van der Waals surface area contributed by atoms with E-state index in [1.807, 2.05) is 31.2 Å². The second kappa shape index (κ2) is 3.51. The lowest BCUT2D eigenvalue weighted by atomic mass is 10.0. The lowest BCUT2D eigenvalue weighted by Crippen LogP contribution is -1.79. The van der Waals surface area contributed by atoms with Crippen LogP contribution in [0.1, 0.15) is 5.56 Å². The van der Waals surface area contributed by atoms with Gasteiger partial charge >= 0.3 is 0 Å². The molecule has 19 heavy (non-hydrogen) atoms. The molecule has 0 atom stereocenters. The molecule has 0 aliphatic heterocycles. The van der Waals surface area contributed by atoms with E-state index < -0.39 is 0 Å². The molecular formula is C17H13NO. The lowest BCUT2D eigenvalue weighted by Gasteiger charge is -2.04. The van der Waals surface area contributed by atoms with E-state index in [-0.39, 0.29) is 0 Å². The van der Waals surface area contributed by atoms with Gasteiger partial charge in [0.05, 0.1) is 5.52 Å². The Morgan fingerprint density at radius 1 is 0.895 bits per heavy atom. The summed E-state index contributed by atoms with van der Waals surface area (Å²) in [4.78, 5) is 3.46. The summed E-state index contributed by atoms with van der Waals surface area (Å²) in [6.07, 6.45) is 0. The van der Waals surface area contributed by atoms with Crippen LogP contribution in [-0.4, -0.2) is 10.1 Å². The first-order valence-electron chi connectivity index (χ1n) is 6.37. The Balaban J connectivity index is 2.27. The summed E-state index contributed by atoms with van der Waals surface area (Å²) in [5.41, 5.74) is 3.13. The Bertz CT molecular complexity index is 934. The van der Waals surface area contributed by atoms with Crippen molar-refractivity contribution in [1.82, 2.24) is 4.98 Å². The molecule has 2 heteroatoms. The maximum atomic E-state index is 9.94. The smallest absolute Gasteiger partial charge is 0.119 e. The number of rotatable bonds is 0. The van der Waals surface area contributed by atoms with Gasteiger partial charge in [-0.3, -0.25) is 0 Å². The van der Waals surface area contributed by atoms with Gasteiger partial charge in [0.2, 0.25) is 0 Å². The van der Waals surface area contributed by atoms with Crippen molar-refractivity contribution in [2.45, 2.75) is 6.92 Å². The number of aromatic hydroxyl groups is 1. The summed E-state index contributed by atoms with van der Waals surface area (Å²) in [6, 6.07) is 16.4. The molecule has 0 unspecified atom stereocenters. The predicted octanol–water partition coefficient (Wildman–Crippen LogP) is 4.49. The average Bonchev–Trinajstić information content (AvgIpc) is 2.79. The molecule has 0 amide bonds. The number of phenols is 1. The number of phenolic OH excluding ortho intramolecular Hbond substituents is 1. The molecule has 0 bridgehead atoms. The van der Waals surface area contributed by atoms with Gasteiger partial charge in [-0.25, -0.2) is 0 Å². The molecule has 0 aliphatic carbocycles. The largest absolute Gasteiger partial charge is 0.508 e. The van der Waals surface area contributed by atoms with Gasteiger partial charge < -0.3 is 10.1 Å². The molecule has 2 nitrogen and oxygen atoms in total. The Morgan fingerprint density at radius 2 is 1.74 bits per heavy atom. The van der Waals surface area contributed by atoms with Crippen molar-refractivity contribution in [2.24, 2.45) is 0 Å². The second-order valence-corrected chi connectivity index (χ2v) is 5.02. The van der Waals surface area contributed by atoms with Crippen LogP contribution >= 0.6 is 0 Å². The van der Waals surface area contributed by atoms with Gasteiger partial charge in [0.15, 0.2) is 0 Å². The zero-order valence-corrected chi connectivity index (χ0v) is 10.6. The van der Waals surface area contributed by atoms with E-state index in [9.17, 15) is 5.11 Å². The summed E-state index contributed by atoms with van der Waals surface area (Å²) in [6.45, 7) is 1.92. The minimum atomic E-state index is 0.346. The van der Waals surface area contributed by atoms with Crippen LogP contribution in [0, 0.1) is 6.92 Å². The SMILES string of the molecule is Cc1cc2ccc3c4ccccc4[nH]c3c2cc1O. The van der Waals surface area contributed by atoms with E-state index >= 15 is 0 Å². The van der Waals surface area contributed by atoms with Gasteiger partial charge in [0.25, 0.3) is 0 Å². The van der Waals surface area contributed by atoms with E-state index in [0.29, 0.717) is 5.75 Å². The standard InChI is InChI=1S/C17H13NO/c1-10-8-11-6-7-13-12-4-2-3-5-15(12)18-17(13)14(11)9-16(10)19/h2-9,18-19H,1H3. The number of hydrogen-bond acceptors (Lipinski definition) is 1. The Hall–Kier alpha value is -2.48.